The molecule has 0 aliphatic carbocycles. The number of rotatable bonds is 7. The minimum Gasteiger partial charge on any atom is -0.497 e. The molecule has 3 aromatic rings. The van der Waals surface area contributed by atoms with Crippen molar-refractivity contribution < 1.29 is 18.9 Å². The summed E-state index contributed by atoms with van der Waals surface area (Å²) in [5, 5.41) is 0. The summed E-state index contributed by atoms with van der Waals surface area (Å²) < 4.78 is 22.2. The molecule has 0 saturated heterocycles. The van der Waals surface area contributed by atoms with E-state index >= 15 is 0 Å². The number of hydrogen-bond donors (Lipinski definition) is 0. The van der Waals surface area contributed by atoms with Crippen molar-refractivity contribution >= 4 is 17.4 Å². The third kappa shape index (κ3) is 4.48. The Kier molecular flexibility index (Phi) is 6.75. The van der Waals surface area contributed by atoms with E-state index in [1.165, 1.54) is 4.91 Å². The van der Waals surface area contributed by atoms with E-state index < -0.39 is 0 Å². The maximum atomic E-state index is 5.54. The van der Waals surface area contributed by atoms with Crippen LogP contribution in [0.1, 0.15) is 13.8 Å². The van der Waals surface area contributed by atoms with Crippen LogP contribution in [0.4, 0.5) is 5.69 Å². The zero-order valence-corrected chi connectivity index (χ0v) is 20.5. The Morgan fingerprint density at radius 3 is 1.42 bits per heavy atom. The van der Waals surface area contributed by atoms with Gasteiger partial charge in [0.25, 0.3) is 0 Å². The van der Waals surface area contributed by atoms with Crippen LogP contribution in [0.25, 0.3) is 22.3 Å². The summed E-state index contributed by atoms with van der Waals surface area (Å²) in [6, 6.07) is 18.1. The molecule has 0 aromatic heterocycles. The number of ether oxygens (including phenoxy) is 4. The number of methoxy groups -OCH3 is 4. The molecule has 5 nitrogen and oxygen atoms in total. The molecule has 4 rings (SSSR count). The zero-order valence-electron chi connectivity index (χ0n) is 19.7. The highest BCUT2D eigenvalue weighted by atomic mass is 32.2. The fourth-order valence-corrected chi connectivity index (χ4v) is 4.50. The van der Waals surface area contributed by atoms with Crippen molar-refractivity contribution in [1.29, 1.82) is 0 Å². The molecule has 0 unspecified atom stereocenters. The third-order valence-electron chi connectivity index (χ3n) is 5.72. The minimum atomic E-state index is 0.732. The summed E-state index contributed by atoms with van der Waals surface area (Å²) in [5.74, 6) is 6.39. The number of para-hydroxylation sites is 1. The normalized spacial score (nSPS) is 13.3. The summed E-state index contributed by atoms with van der Waals surface area (Å²) in [4.78, 5) is 3.34. The van der Waals surface area contributed by atoms with E-state index in [9.17, 15) is 0 Å². The van der Waals surface area contributed by atoms with Crippen LogP contribution < -0.4 is 23.8 Å². The van der Waals surface area contributed by atoms with Gasteiger partial charge in [0.2, 0.25) is 0 Å². The van der Waals surface area contributed by atoms with Crippen LogP contribution in [0, 0.1) is 5.88 Å². The van der Waals surface area contributed by atoms with E-state index in [0.29, 0.717) is 0 Å². The van der Waals surface area contributed by atoms with Crippen molar-refractivity contribution in [1.82, 2.24) is 0 Å². The van der Waals surface area contributed by atoms with Gasteiger partial charge in [0, 0.05) is 33.9 Å². The second-order valence-electron chi connectivity index (χ2n) is 7.57. The first-order valence-corrected chi connectivity index (χ1v) is 11.3. The molecule has 1 aliphatic heterocycles. The maximum Gasteiger partial charge on any atom is 0.169 e. The Morgan fingerprint density at radius 2 is 1.09 bits per heavy atom. The number of thioether (sulfide) groups is 1. The quantitative estimate of drug-likeness (QED) is 0.383. The highest BCUT2D eigenvalue weighted by Crippen LogP contribution is 2.48. The number of anilines is 1. The van der Waals surface area contributed by atoms with Crippen molar-refractivity contribution in [3.8, 4) is 45.3 Å². The van der Waals surface area contributed by atoms with Crippen molar-refractivity contribution in [3.63, 3.8) is 0 Å². The van der Waals surface area contributed by atoms with Gasteiger partial charge >= 0.3 is 0 Å². The summed E-state index contributed by atoms with van der Waals surface area (Å²) in [6.07, 6.45) is 0. The number of allylic oxidation sites excluding steroid dienone is 2. The standard InChI is InChI=1S/C27H27NO4S/c1-17-18(2)33-16-28(17)27-25(19-10-21(29-3)14-22(11-19)30-4)8-7-9-26(27)20-12-23(31-5)15-24(13-20)32-6/h7-15H,1-6H3. The van der Waals surface area contributed by atoms with Crippen molar-refractivity contribution in [2.75, 3.05) is 33.3 Å². The van der Waals surface area contributed by atoms with Crippen LogP contribution in [-0.4, -0.2) is 28.4 Å². The molecule has 0 bridgehead atoms. The largest absolute Gasteiger partial charge is 0.497 e. The maximum absolute atomic E-state index is 5.54. The molecule has 0 spiro atoms. The molecule has 0 N–H and O–H groups in total. The molecule has 170 valence electrons. The van der Waals surface area contributed by atoms with Crippen LogP contribution >= 0.6 is 11.8 Å². The van der Waals surface area contributed by atoms with E-state index in [2.05, 4.69) is 42.8 Å². The van der Waals surface area contributed by atoms with Crippen LogP contribution in [0.3, 0.4) is 0 Å². The molecule has 1 aliphatic rings. The second-order valence-corrected chi connectivity index (χ2v) is 8.57. The van der Waals surface area contributed by atoms with Gasteiger partial charge in [-0.25, -0.2) is 0 Å². The van der Waals surface area contributed by atoms with Gasteiger partial charge < -0.3 is 23.8 Å². The van der Waals surface area contributed by atoms with Gasteiger partial charge in [0.15, 0.2) is 5.88 Å². The average molecular weight is 462 g/mol. The van der Waals surface area contributed by atoms with Crippen LogP contribution in [0.5, 0.6) is 23.0 Å². The fraction of sp³-hybridized carbons (Fsp3) is 0.222. The van der Waals surface area contributed by atoms with E-state index in [-0.39, 0.29) is 0 Å². The number of benzene rings is 3. The first-order chi connectivity index (χ1) is 16.0. The predicted octanol–water partition coefficient (Wildman–Crippen LogP) is 6.86. The Morgan fingerprint density at radius 1 is 0.667 bits per heavy atom. The van der Waals surface area contributed by atoms with E-state index in [1.54, 1.807) is 40.2 Å². The van der Waals surface area contributed by atoms with Crippen LogP contribution in [-0.2, 0) is 0 Å². The summed E-state index contributed by atoms with van der Waals surface area (Å²) >= 11 is 1.60. The van der Waals surface area contributed by atoms with Gasteiger partial charge in [0.1, 0.15) is 23.0 Å². The molecule has 33 heavy (non-hydrogen) atoms. The molecule has 1 heterocycles. The molecular weight excluding hydrogens is 434 g/mol. The molecule has 6 heteroatoms. The van der Waals surface area contributed by atoms with Gasteiger partial charge in [-0.2, -0.15) is 0 Å². The van der Waals surface area contributed by atoms with E-state index in [4.69, 9.17) is 18.9 Å². The minimum absolute atomic E-state index is 0.732. The van der Waals surface area contributed by atoms with Crippen LogP contribution in [0.2, 0.25) is 0 Å². The topological polar surface area (TPSA) is 40.2 Å². The second kappa shape index (κ2) is 9.71. The summed E-state index contributed by atoms with van der Waals surface area (Å²) in [5.41, 5.74) is 6.20. The van der Waals surface area contributed by atoms with E-state index in [0.717, 1.165) is 56.6 Å². The smallest absolute Gasteiger partial charge is 0.169 e. The Hall–Kier alpha value is -3.25. The van der Waals surface area contributed by atoms with Gasteiger partial charge in [-0.05, 0) is 49.2 Å². The van der Waals surface area contributed by atoms with Crippen molar-refractivity contribution in [2.45, 2.75) is 13.8 Å². The molecule has 3 aromatic carbocycles. The van der Waals surface area contributed by atoms with Crippen molar-refractivity contribution in [3.05, 3.63) is 71.1 Å². The van der Waals surface area contributed by atoms with E-state index in [1.807, 2.05) is 36.4 Å². The lowest BCUT2D eigenvalue weighted by molar-refractivity contribution is 0.394. The van der Waals surface area contributed by atoms with Gasteiger partial charge in [-0.3, -0.25) is 0 Å². The summed E-state index contributed by atoms with van der Waals surface area (Å²) in [7, 11) is 6.64. The highest BCUT2D eigenvalue weighted by molar-refractivity contribution is 8.05. The number of hydrogen-bond acceptors (Lipinski definition) is 6. The van der Waals surface area contributed by atoms with Gasteiger partial charge in [0.05, 0.1) is 34.1 Å². The lowest BCUT2D eigenvalue weighted by Gasteiger charge is -2.26. The molecular formula is C27H27NO4S. The Balaban J connectivity index is 2.01. The highest BCUT2D eigenvalue weighted by Gasteiger charge is 2.26. The Labute approximate surface area is 199 Å². The molecule has 0 fully saturated rings. The third-order valence-corrected chi connectivity index (χ3v) is 6.59. The predicted molar refractivity (Wildman–Crippen MR) is 135 cm³/mol. The first-order valence-electron chi connectivity index (χ1n) is 10.5. The molecule has 0 atom stereocenters. The molecule has 0 amide bonds. The summed E-state index contributed by atoms with van der Waals surface area (Å²) in [6.45, 7) is 4.22. The molecule has 2 radical (unpaired) electrons. The zero-order chi connectivity index (χ0) is 23.5. The average Bonchev–Trinajstić information content (AvgIpc) is 3.20. The van der Waals surface area contributed by atoms with Crippen LogP contribution in [0.15, 0.2) is 65.2 Å². The van der Waals surface area contributed by atoms with Gasteiger partial charge in [-0.15, -0.1) is 0 Å². The van der Waals surface area contributed by atoms with Crippen molar-refractivity contribution in [2.24, 2.45) is 0 Å². The van der Waals surface area contributed by atoms with Gasteiger partial charge in [-0.1, -0.05) is 30.0 Å². The first kappa shape index (κ1) is 22.9. The lowest BCUT2D eigenvalue weighted by atomic mass is 9.94. The lowest BCUT2D eigenvalue weighted by Crippen LogP contribution is -2.14. The SMILES string of the molecule is COc1cc(OC)cc(-c2cccc(-c3cc(OC)cc(OC)c3)c2N2[C]SC(C)=C2C)c1. The monoisotopic (exact) mass is 461 g/mol. The number of nitrogens with zero attached hydrogens (tertiary/aromatic N) is 1. The molecule has 0 saturated carbocycles. The fourth-order valence-electron chi connectivity index (χ4n) is 3.80. The Bertz CT molecular complexity index is 1090.